The maximum Gasteiger partial charge on any atom is 0.389 e. The van der Waals surface area contributed by atoms with Crippen LogP contribution in [-0.2, 0) is 0 Å². The topological polar surface area (TPSA) is 29.5 Å². The molecule has 0 amide bonds. The molecule has 2 nitrogen and oxygen atoms in total. The number of alkyl halides is 3. The van der Waals surface area contributed by atoms with Gasteiger partial charge >= 0.3 is 6.18 Å². The van der Waals surface area contributed by atoms with Gasteiger partial charge in [-0.1, -0.05) is 30.3 Å². The summed E-state index contributed by atoms with van der Waals surface area (Å²) in [5, 5.41) is 11.7. The lowest BCUT2D eigenvalue weighted by atomic mass is 9.96. The number of benzene rings is 2. The van der Waals surface area contributed by atoms with Crippen LogP contribution in [0.3, 0.4) is 0 Å². The van der Waals surface area contributed by atoms with Crippen molar-refractivity contribution in [1.82, 2.24) is 0 Å². The standard InChI is InChI=1S/C15H15F3O2/c1-20-13-7-6-10-4-2-3-5-11(10)14(13)12(19)8-9-15(16,17)18/h2-7,12,19H,8-9H2,1H3. The molecule has 108 valence electrons. The van der Waals surface area contributed by atoms with E-state index < -0.39 is 18.7 Å². The van der Waals surface area contributed by atoms with Gasteiger partial charge in [0.25, 0.3) is 0 Å². The molecule has 1 atom stereocenters. The zero-order chi connectivity index (χ0) is 14.8. The Balaban J connectivity index is 2.40. The van der Waals surface area contributed by atoms with E-state index in [1.807, 2.05) is 18.2 Å². The van der Waals surface area contributed by atoms with Crippen molar-refractivity contribution in [2.75, 3.05) is 7.11 Å². The monoisotopic (exact) mass is 284 g/mol. The highest BCUT2D eigenvalue weighted by molar-refractivity contribution is 5.88. The van der Waals surface area contributed by atoms with Gasteiger partial charge in [-0.3, -0.25) is 0 Å². The van der Waals surface area contributed by atoms with Crippen molar-refractivity contribution in [3.63, 3.8) is 0 Å². The molecule has 1 N–H and O–H groups in total. The highest BCUT2D eigenvalue weighted by Gasteiger charge is 2.29. The fraction of sp³-hybridized carbons (Fsp3) is 0.333. The first-order valence-corrected chi connectivity index (χ1v) is 6.23. The lowest BCUT2D eigenvalue weighted by molar-refractivity contribution is -0.140. The fourth-order valence-electron chi connectivity index (χ4n) is 2.24. The average molecular weight is 284 g/mol. The third-order valence-corrected chi connectivity index (χ3v) is 3.19. The summed E-state index contributed by atoms with van der Waals surface area (Å²) in [6.45, 7) is 0. The molecule has 0 bridgehead atoms. The van der Waals surface area contributed by atoms with Crippen LogP contribution in [0.25, 0.3) is 10.8 Å². The molecule has 5 heteroatoms. The van der Waals surface area contributed by atoms with E-state index in [-0.39, 0.29) is 6.42 Å². The number of rotatable bonds is 4. The molecule has 2 rings (SSSR count). The second-order valence-corrected chi connectivity index (χ2v) is 4.57. The van der Waals surface area contributed by atoms with Crippen LogP contribution in [0.4, 0.5) is 13.2 Å². The number of aliphatic hydroxyl groups is 1. The minimum absolute atomic E-state index is 0.381. The minimum Gasteiger partial charge on any atom is -0.496 e. The summed E-state index contributed by atoms with van der Waals surface area (Å²) >= 11 is 0. The normalized spacial score (nSPS) is 13.4. The Labute approximate surface area is 114 Å². The van der Waals surface area contributed by atoms with Gasteiger partial charge < -0.3 is 9.84 Å². The van der Waals surface area contributed by atoms with Crippen molar-refractivity contribution in [2.45, 2.75) is 25.1 Å². The SMILES string of the molecule is COc1ccc2ccccc2c1C(O)CCC(F)(F)F. The Hall–Kier alpha value is -1.75. The maximum atomic E-state index is 12.3. The first-order valence-electron chi connectivity index (χ1n) is 6.23. The molecule has 0 aliphatic carbocycles. The van der Waals surface area contributed by atoms with E-state index in [9.17, 15) is 18.3 Å². The molecular weight excluding hydrogens is 269 g/mol. The third-order valence-electron chi connectivity index (χ3n) is 3.19. The van der Waals surface area contributed by atoms with E-state index in [1.54, 1.807) is 18.2 Å². The van der Waals surface area contributed by atoms with E-state index in [2.05, 4.69) is 0 Å². The number of aliphatic hydroxyl groups excluding tert-OH is 1. The number of ether oxygens (including phenoxy) is 1. The van der Waals surface area contributed by atoms with Gasteiger partial charge in [-0.15, -0.1) is 0 Å². The van der Waals surface area contributed by atoms with Gasteiger partial charge in [-0.25, -0.2) is 0 Å². The van der Waals surface area contributed by atoms with Crippen molar-refractivity contribution < 1.29 is 23.0 Å². The van der Waals surface area contributed by atoms with Crippen molar-refractivity contribution in [1.29, 1.82) is 0 Å². The first kappa shape index (κ1) is 14.7. The number of hydrogen-bond donors (Lipinski definition) is 1. The van der Waals surface area contributed by atoms with Gasteiger partial charge in [0.2, 0.25) is 0 Å². The average Bonchev–Trinajstić information content (AvgIpc) is 2.42. The van der Waals surface area contributed by atoms with E-state index in [1.165, 1.54) is 7.11 Å². The molecule has 2 aromatic rings. The molecule has 0 heterocycles. The van der Waals surface area contributed by atoms with E-state index in [0.717, 1.165) is 5.39 Å². The van der Waals surface area contributed by atoms with Crippen LogP contribution < -0.4 is 4.74 Å². The zero-order valence-electron chi connectivity index (χ0n) is 10.9. The fourth-order valence-corrected chi connectivity index (χ4v) is 2.24. The summed E-state index contributed by atoms with van der Waals surface area (Å²) in [6, 6.07) is 10.7. The molecule has 0 saturated carbocycles. The van der Waals surface area contributed by atoms with Gasteiger partial charge in [0.05, 0.1) is 13.2 Å². The second kappa shape index (κ2) is 5.71. The zero-order valence-corrected chi connectivity index (χ0v) is 10.9. The summed E-state index contributed by atoms with van der Waals surface area (Å²) in [7, 11) is 1.43. The molecule has 20 heavy (non-hydrogen) atoms. The van der Waals surface area contributed by atoms with Crippen LogP contribution >= 0.6 is 0 Å². The highest BCUT2D eigenvalue weighted by atomic mass is 19.4. The molecule has 0 fully saturated rings. The smallest absolute Gasteiger partial charge is 0.389 e. The van der Waals surface area contributed by atoms with Crippen molar-refractivity contribution >= 4 is 10.8 Å². The van der Waals surface area contributed by atoms with Gasteiger partial charge in [-0.05, 0) is 23.3 Å². The first-order chi connectivity index (χ1) is 9.42. The van der Waals surface area contributed by atoms with Gasteiger partial charge in [-0.2, -0.15) is 13.2 Å². The maximum absolute atomic E-state index is 12.3. The number of hydrogen-bond acceptors (Lipinski definition) is 2. The molecule has 0 aromatic heterocycles. The van der Waals surface area contributed by atoms with Crippen LogP contribution in [0.1, 0.15) is 24.5 Å². The second-order valence-electron chi connectivity index (χ2n) is 4.57. The summed E-state index contributed by atoms with van der Waals surface area (Å²) in [6.07, 6.45) is -6.90. The highest BCUT2D eigenvalue weighted by Crippen LogP contribution is 2.36. The number of fused-ring (bicyclic) bond motifs is 1. The van der Waals surface area contributed by atoms with Gasteiger partial charge in [0.1, 0.15) is 5.75 Å². The minimum atomic E-state index is -4.28. The Morgan fingerprint density at radius 1 is 1.15 bits per heavy atom. The van der Waals surface area contributed by atoms with Crippen molar-refractivity contribution in [3.05, 3.63) is 42.0 Å². The Morgan fingerprint density at radius 3 is 2.50 bits per heavy atom. The van der Waals surface area contributed by atoms with Crippen molar-refractivity contribution in [3.8, 4) is 5.75 Å². The molecule has 0 radical (unpaired) electrons. The third kappa shape index (κ3) is 3.22. The predicted molar refractivity (Wildman–Crippen MR) is 70.7 cm³/mol. The summed E-state index contributed by atoms with van der Waals surface area (Å²) in [4.78, 5) is 0. The molecule has 2 aromatic carbocycles. The Morgan fingerprint density at radius 2 is 1.85 bits per heavy atom. The molecule has 0 aliphatic rings. The molecule has 0 saturated heterocycles. The molecule has 0 spiro atoms. The van der Waals surface area contributed by atoms with Crippen LogP contribution in [0.2, 0.25) is 0 Å². The van der Waals surface area contributed by atoms with E-state index in [4.69, 9.17) is 4.74 Å². The number of halogens is 3. The summed E-state index contributed by atoms with van der Waals surface area (Å²) in [5.41, 5.74) is 0.412. The van der Waals surface area contributed by atoms with Crippen LogP contribution in [0.5, 0.6) is 5.75 Å². The predicted octanol–water partition coefficient (Wildman–Crippen LogP) is 4.22. The van der Waals surface area contributed by atoms with Crippen LogP contribution in [0.15, 0.2) is 36.4 Å². The van der Waals surface area contributed by atoms with Gasteiger partial charge in [0, 0.05) is 12.0 Å². The van der Waals surface area contributed by atoms with E-state index in [0.29, 0.717) is 16.7 Å². The summed E-state index contributed by atoms with van der Waals surface area (Å²) in [5.74, 6) is 0.401. The van der Waals surface area contributed by atoms with Gasteiger partial charge in [0.15, 0.2) is 0 Å². The lowest BCUT2D eigenvalue weighted by Crippen LogP contribution is -2.11. The van der Waals surface area contributed by atoms with Crippen molar-refractivity contribution in [2.24, 2.45) is 0 Å². The van der Waals surface area contributed by atoms with Crippen LogP contribution in [-0.4, -0.2) is 18.4 Å². The molecule has 1 unspecified atom stereocenters. The van der Waals surface area contributed by atoms with Crippen LogP contribution in [0, 0.1) is 0 Å². The quantitative estimate of drug-likeness (QED) is 0.910. The Kier molecular flexibility index (Phi) is 4.18. The van der Waals surface area contributed by atoms with E-state index >= 15 is 0 Å². The lowest BCUT2D eigenvalue weighted by Gasteiger charge is -2.18. The Bertz CT molecular complexity index is 593. The molecule has 0 aliphatic heterocycles. The number of methoxy groups -OCH3 is 1. The largest absolute Gasteiger partial charge is 0.496 e. The molecular formula is C15H15F3O2. The summed E-state index contributed by atoms with van der Waals surface area (Å²) < 4.78 is 42.0.